The van der Waals surface area contributed by atoms with Crippen molar-refractivity contribution in [3.05, 3.63) is 71.7 Å². The van der Waals surface area contributed by atoms with E-state index < -0.39 is 0 Å². The van der Waals surface area contributed by atoms with Crippen LogP contribution in [0.15, 0.2) is 54.7 Å². The minimum Gasteiger partial charge on any atom is -0.353 e. The molecule has 0 unspecified atom stereocenters. The fraction of sp³-hybridized carbons (Fsp3) is 0.231. The highest BCUT2D eigenvalue weighted by Crippen LogP contribution is 2.36. The van der Waals surface area contributed by atoms with Gasteiger partial charge < -0.3 is 10.3 Å². The second kappa shape index (κ2) is 7.57. The number of aromatic nitrogens is 4. The number of H-pyrrole nitrogens is 2. The summed E-state index contributed by atoms with van der Waals surface area (Å²) >= 11 is 0. The zero-order chi connectivity index (χ0) is 21.7. The molecule has 6 rings (SSSR count). The smallest absolute Gasteiger partial charge is 0.123 e. The summed E-state index contributed by atoms with van der Waals surface area (Å²) in [5, 5.41) is 13.4. The van der Waals surface area contributed by atoms with Gasteiger partial charge in [0, 0.05) is 28.0 Å². The highest BCUT2D eigenvalue weighted by Gasteiger charge is 2.20. The summed E-state index contributed by atoms with van der Waals surface area (Å²) in [6.07, 6.45) is 4.08. The van der Waals surface area contributed by atoms with Crippen molar-refractivity contribution in [3.8, 4) is 22.6 Å². The van der Waals surface area contributed by atoms with Gasteiger partial charge in [-0.15, -0.1) is 0 Å². The maximum Gasteiger partial charge on any atom is 0.123 e. The Bertz CT molecular complexity index is 1440. The van der Waals surface area contributed by atoms with Crippen LogP contribution in [0.5, 0.6) is 0 Å². The number of halogens is 1. The molecule has 3 N–H and O–H groups in total. The summed E-state index contributed by atoms with van der Waals surface area (Å²) in [7, 11) is 0. The zero-order valence-electron chi connectivity index (χ0n) is 17.9. The maximum absolute atomic E-state index is 13.8. The van der Waals surface area contributed by atoms with Crippen molar-refractivity contribution < 1.29 is 4.39 Å². The molecule has 1 aliphatic rings. The van der Waals surface area contributed by atoms with Crippen LogP contribution in [0.4, 0.5) is 4.39 Å². The van der Waals surface area contributed by atoms with Crippen molar-refractivity contribution in [1.29, 1.82) is 0 Å². The van der Waals surface area contributed by atoms with Gasteiger partial charge in [0.2, 0.25) is 0 Å². The van der Waals surface area contributed by atoms with Crippen molar-refractivity contribution >= 4 is 21.8 Å². The topological polar surface area (TPSA) is 69.4 Å². The van der Waals surface area contributed by atoms with Crippen molar-refractivity contribution in [2.75, 3.05) is 13.1 Å². The standard InChI is InChI=1S/C26H24FN5/c1-15-11-23-20(13-19(15)16-5-8-28-9-6-16)26(32-31-23)24-14-21-22(30-24)7-10-29-25(21)17-3-2-4-18(27)12-17/h2-4,7,10-14,16,28,30H,5-6,8-9H2,1H3,(H,31,32). The Hall–Kier alpha value is -3.51. The monoisotopic (exact) mass is 425 g/mol. The summed E-state index contributed by atoms with van der Waals surface area (Å²) in [5.74, 6) is 0.311. The first kappa shape index (κ1) is 19.2. The van der Waals surface area contributed by atoms with E-state index in [1.807, 2.05) is 12.1 Å². The summed E-state index contributed by atoms with van der Waals surface area (Å²) in [4.78, 5) is 8.04. The van der Waals surface area contributed by atoms with Gasteiger partial charge in [0.15, 0.2) is 0 Å². The van der Waals surface area contributed by atoms with Gasteiger partial charge >= 0.3 is 0 Å². The lowest BCUT2D eigenvalue weighted by Gasteiger charge is -2.24. The van der Waals surface area contributed by atoms with Gasteiger partial charge in [-0.2, -0.15) is 5.10 Å². The molecule has 0 bridgehead atoms. The molecule has 3 aromatic heterocycles. The zero-order valence-corrected chi connectivity index (χ0v) is 17.9. The van der Waals surface area contributed by atoms with Crippen LogP contribution in [0.1, 0.15) is 29.9 Å². The highest BCUT2D eigenvalue weighted by atomic mass is 19.1. The van der Waals surface area contributed by atoms with E-state index >= 15 is 0 Å². The number of rotatable bonds is 3. The van der Waals surface area contributed by atoms with E-state index in [4.69, 9.17) is 0 Å². The average molecular weight is 426 g/mol. The molecule has 5 nitrogen and oxygen atoms in total. The Morgan fingerprint density at radius 3 is 2.62 bits per heavy atom. The highest BCUT2D eigenvalue weighted by molar-refractivity contribution is 6.00. The number of nitrogens with zero attached hydrogens (tertiary/aromatic N) is 2. The van der Waals surface area contributed by atoms with Crippen LogP contribution >= 0.6 is 0 Å². The molecule has 0 atom stereocenters. The Morgan fingerprint density at radius 2 is 1.78 bits per heavy atom. The predicted octanol–water partition coefficient (Wildman–Crippen LogP) is 5.69. The fourth-order valence-electron chi connectivity index (χ4n) is 5.01. The summed E-state index contributed by atoms with van der Waals surface area (Å²) in [6.45, 7) is 4.33. The number of piperidine rings is 1. The number of benzene rings is 2. The van der Waals surface area contributed by atoms with E-state index in [1.54, 1.807) is 12.3 Å². The van der Waals surface area contributed by atoms with Crippen LogP contribution in [-0.4, -0.2) is 33.3 Å². The second-order valence-electron chi connectivity index (χ2n) is 8.67. The molecule has 1 aliphatic heterocycles. The molecular weight excluding hydrogens is 401 g/mol. The third-order valence-electron chi connectivity index (χ3n) is 6.63. The van der Waals surface area contributed by atoms with Gasteiger partial charge in [0.05, 0.1) is 16.9 Å². The lowest BCUT2D eigenvalue weighted by molar-refractivity contribution is 0.459. The normalized spacial score (nSPS) is 15.1. The molecule has 2 aromatic carbocycles. The van der Waals surface area contributed by atoms with Crippen molar-refractivity contribution in [2.24, 2.45) is 0 Å². The fourth-order valence-corrected chi connectivity index (χ4v) is 5.01. The first-order valence-electron chi connectivity index (χ1n) is 11.1. The number of hydrogen-bond donors (Lipinski definition) is 3. The number of fused-ring (bicyclic) bond motifs is 2. The SMILES string of the molecule is Cc1cc2[nH]nc(-c3cc4c(-c5cccc(F)c5)nccc4[nH]3)c2cc1C1CCNCC1. The molecule has 1 saturated heterocycles. The molecule has 0 radical (unpaired) electrons. The molecule has 32 heavy (non-hydrogen) atoms. The lowest BCUT2D eigenvalue weighted by atomic mass is 9.86. The predicted molar refractivity (Wildman–Crippen MR) is 126 cm³/mol. The van der Waals surface area contributed by atoms with E-state index in [2.05, 4.69) is 50.6 Å². The van der Waals surface area contributed by atoms with Gasteiger partial charge in [0.1, 0.15) is 11.5 Å². The van der Waals surface area contributed by atoms with Crippen LogP contribution < -0.4 is 5.32 Å². The van der Waals surface area contributed by atoms with E-state index in [9.17, 15) is 4.39 Å². The second-order valence-corrected chi connectivity index (χ2v) is 8.67. The Kier molecular flexibility index (Phi) is 4.54. The number of aromatic amines is 2. The van der Waals surface area contributed by atoms with E-state index in [-0.39, 0.29) is 5.82 Å². The van der Waals surface area contributed by atoms with Gasteiger partial charge in [-0.1, -0.05) is 12.1 Å². The number of nitrogens with one attached hydrogen (secondary N) is 3. The lowest BCUT2D eigenvalue weighted by Crippen LogP contribution is -2.26. The molecule has 0 amide bonds. The first-order valence-corrected chi connectivity index (χ1v) is 11.1. The average Bonchev–Trinajstić information content (AvgIpc) is 3.42. The quantitative estimate of drug-likeness (QED) is 0.348. The molecule has 0 spiro atoms. The van der Waals surface area contributed by atoms with Crippen LogP contribution in [0.25, 0.3) is 44.5 Å². The number of pyridine rings is 1. The van der Waals surface area contributed by atoms with E-state index in [1.165, 1.54) is 23.3 Å². The van der Waals surface area contributed by atoms with Gasteiger partial charge in [-0.25, -0.2) is 4.39 Å². The molecule has 160 valence electrons. The minimum absolute atomic E-state index is 0.267. The molecule has 0 saturated carbocycles. The van der Waals surface area contributed by atoms with E-state index in [0.717, 1.165) is 70.4 Å². The van der Waals surface area contributed by atoms with Gasteiger partial charge in [-0.3, -0.25) is 10.1 Å². The molecule has 5 aromatic rings. The first-order chi connectivity index (χ1) is 15.7. The summed E-state index contributed by atoms with van der Waals surface area (Å²) < 4.78 is 13.8. The third kappa shape index (κ3) is 3.19. The summed E-state index contributed by atoms with van der Waals surface area (Å²) in [5.41, 5.74) is 8.07. The molecular formula is C26H24FN5. The van der Waals surface area contributed by atoms with Crippen LogP contribution in [0.2, 0.25) is 0 Å². The maximum atomic E-state index is 13.8. The molecule has 4 heterocycles. The van der Waals surface area contributed by atoms with E-state index in [0.29, 0.717) is 5.92 Å². The van der Waals surface area contributed by atoms with Crippen molar-refractivity contribution in [3.63, 3.8) is 0 Å². The number of aryl methyl sites for hydroxylation is 1. The minimum atomic E-state index is -0.267. The number of hydrogen-bond acceptors (Lipinski definition) is 3. The largest absolute Gasteiger partial charge is 0.353 e. The third-order valence-corrected chi connectivity index (χ3v) is 6.63. The Labute approximate surface area is 185 Å². The van der Waals surface area contributed by atoms with Crippen molar-refractivity contribution in [1.82, 2.24) is 25.5 Å². The van der Waals surface area contributed by atoms with Crippen LogP contribution in [0, 0.1) is 12.7 Å². The van der Waals surface area contributed by atoms with Gasteiger partial charge in [0.25, 0.3) is 0 Å². The molecule has 1 fully saturated rings. The molecule has 0 aliphatic carbocycles. The Balaban J connectivity index is 1.49. The summed E-state index contributed by atoms with van der Waals surface area (Å²) in [6, 6.07) is 15.1. The van der Waals surface area contributed by atoms with Crippen LogP contribution in [-0.2, 0) is 0 Å². The van der Waals surface area contributed by atoms with Gasteiger partial charge in [-0.05, 0) is 86.3 Å². The van der Waals surface area contributed by atoms with Crippen LogP contribution in [0.3, 0.4) is 0 Å². The Morgan fingerprint density at radius 1 is 0.938 bits per heavy atom. The molecule has 6 heteroatoms. The van der Waals surface area contributed by atoms with Crippen molar-refractivity contribution in [2.45, 2.75) is 25.7 Å².